The van der Waals surface area contributed by atoms with Gasteiger partial charge in [-0.3, -0.25) is 9.10 Å². The number of nitrogens with zero attached hydrogens (tertiary/aromatic N) is 1. The first-order valence-electron chi connectivity index (χ1n) is 9.30. The molecule has 150 valence electrons. The van der Waals surface area contributed by atoms with Gasteiger partial charge in [0.25, 0.3) is 10.0 Å². The SMILES string of the molecule is COc1ccc(N(C(C)C2CC2)S(=O)(=O)c2cc(NC(C)=O)ccc2C)cc1. The van der Waals surface area contributed by atoms with E-state index >= 15 is 0 Å². The first kappa shape index (κ1) is 20.2. The minimum Gasteiger partial charge on any atom is -0.497 e. The summed E-state index contributed by atoms with van der Waals surface area (Å²) in [6, 6.07) is 11.8. The number of hydrogen-bond acceptors (Lipinski definition) is 4. The molecule has 28 heavy (non-hydrogen) atoms. The lowest BCUT2D eigenvalue weighted by Crippen LogP contribution is -2.40. The van der Waals surface area contributed by atoms with Gasteiger partial charge in [0.05, 0.1) is 17.7 Å². The van der Waals surface area contributed by atoms with Crippen LogP contribution in [0.15, 0.2) is 47.4 Å². The lowest BCUT2D eigenvalue weighted by Gasteiger charge is -2.31. The maximum atomic E-state index is 13.7. The number of carbonyl (C=O) groups excluding carboxylic acids is 1. The van der Waals surface area contributed by atoms with Gasteiger partial charge >= 0.3 is 0 Å². The van der Waals surface area contributed by atoms with Crippen molar-refractivity contribution in [3.63, 3.8) is 0 Å². The summed E-state index contributed by atoms with van der Waals surface area (Å²) in [4.78, 5) is 11.6. The van der Waals surface area contributed by atoms with Gasteiger partial charge in [0.2, 0.25) is 5.91 Å². The number of methoxy groups -OCH3 is 1. The Bertz CT molecular complexity index is 966. The summed E-state index contributed by atoms with van der Waals surface area (Å²) in [5, 5.41) is 2.66. The molecule has 2 aromatic rings. The highest BCUT2D eigenvalue weighted by molar-refractivity contribution is 7.93. The fraction of sp³-hybridized carbons (Fsp3) is 0.381. The zero-order valence-corrected chi connectivity index (χ0v) is 17.4. The highest BCUT2D eigenvalue weighted by atomic mass is 32.2. The summed E-state index contributed by atoms with van der Waals surface area (Å²) >= 11 is 0. The van der Waals surface area contributed by atoms with Gasteiger partial charge in [-0.05, 0) is 74.6 Å². The molecule has 2 aromatic carbocycles. The van der Waals surface area contributed by atoms with Crippen LogP contribution in [0.3, 0.4) is 0 Å². The molecule has 0 bridgehead atoms. The van der Waals surface area contributed by atoms with E-state index in [1.54, 1.807) is 50.4 Å². The molecule has 0 aromatic heterocycles. The Hall–Kier alpha value is -2.54. The van der Waals surface area contributed by atoms with Gasteiger partial charge in [0.15, 0.2) is 0 Å². The van der Waals surface area contributed by atoms with Crippen molar-refractivity contribution in [3.05, 3.63) is 48.0 Å². The second-order valence-electron chi connectivity index (χ2n) is 7.24. The Labute approximate surface area is 166 Å². The average molecular weight is 403 g/mol. The molecule has 1 N–H and O–H groups in total. The van der Waals surface area contributed by atoms with E-state index in [-0.39, 0.29) is 16.8 Å². The fourth-order valence-electron chi connectivity index (χ4n) is 3.36. The van der Waals surface area contributed by atoms with Crippen molar-refractivity contribution in [1.82, 2.24) is 0 Å². The molecular formula is C21H26N2O4S. The van der Waals surface area contributed by atoms with E-state index in [9.17, 15) is 13.2 Å². The van der Waals surface area contributed by atoms with Crippen LogP contribution in [0.1, 0.15) is 32.3 Å². The Morgan fingerprint density at radius 3 is 2.36 bits per heavy atom. The van der Waals surface area contributed by atoms with E-state index in [4.69, 9.17) is 4.74 Å². The van der Waals surface area contributed by atoms with E-state index < -0.39 is 10.0 Å². The van der Waals surface area contributed by atoms with Gasteiger partial charge in [0, 0.05) is 18.7 Å². The molecular weight excluding hydrogens is 376 g/mol. The predicted octanol–water partition coefficient (Wildman–Crippen LogP) is 3.96. The quantitative estimate of drug-likeness (QED) is 0.761. The molecule has 6 nitrogen and oxygen atoms in total. The molecule has 1 unspecified atom stereocenters. The van der Waals surface area contributed by atoms with Crippen LogP contribution in [0.5, 0.6) is 5.75 Å². The summed E-state index contributed by atoms with van der Waals surface area (Å²) in [6.07, 6.45) is 2.04. The molecule has 1 aliphatic carbocycles. The van der Waals surface area contributed by atoms with Gasteiger partial charge in [-0.25, -0.2) is 8.42 Å². The average Bonchev–Trinajstić information content (AvgIpc) is 3.48. The van der Waals surface area contributed by atoms with Crippen molar-refractivity contribution in [2.24, 2.45) is 5.92 Å². The summed E-state index contributed by atoms with van der Waals surface area (Å²) in [5.41, 5.74) is 1.70. The van der Waals surface area contributed by atoms with Crippen molar-refractivity contribution in [2.45, 2.75) is 44.6 Å². The third-order valence-electron chi connectivity index (χ3n) is 5.05. The topological polar surface area (TPSA) is 75.7 Å². The van der Waals surface area contributed by atoms with Gasteiger partial charge in [0.1, 0.15) is 5.75 Å². The highest BCUT2D eigenvalue weighted by Crippen LogP contribution is 2.40. The fourth-order valence-corrected chi connectivity index (χ4v) is 5.33. The number of amides is 1. The van der Waals surface area contributed by atoms with Crippen LogP contribution in [0, 0.1) is 12.8 Å². The van der Waals surface area contributed by atoms with Crippen LogP contribution in [0.4, 0.5) is 11.4 Å². The largest absolute Gasteiger partial charge is 0.497 e. The van der Waals surface area contributed by atoms with Gasteiger partial charge in [-0.1, -0.05) is 6.07 Å². The maximum absolute atomic E-state index is 13.7. The molecule has 1 aliphatic rings. The lowest BCUT2D eigenvalue weighted by atomic mass is 10.2. The van der Waals surface area contributed by atoms with Crippen LogP contribution < -0.4 is 14.4 Å². The third kappa shape index (κ3) is 4.14. The van der Waals surface area contributed by atoms with E-state index in [1.807, 2.05) is 6.92 Å². The van der Waals surface area contributed by atoms with Crippen molar-refractivity contribution in [2.75, 3.05) is 16.7 Å². The lowest BCUT2D eigenvalue weighted by molar-refractivity contribution is -0.114. The molecule has 0 radical (unpaired) electrons. The van der Waals surface area contributed by atoms with Gasteiger partial charge < -0.3 is 10.1 Å². The molecule has 0 spiro atoms. The summed E-state index contributed by atoms with van der Waals surface area (Å²) in [7, 11) is -2.25. The highest BCUT2D eigenvalue weighted by Gasteiger charge is 2.39. The van der Waals surface area contributed by atoms with Gasteiger partial charge in [-0.2, -0.15) is 0 Å². The smallest absolute Gasteiger partial charge is 0.264 e. The Balaban J connectivity index is 2.08. The number of anilines is 2. The molecule has 0 heterocycles. The number of rotatable bonds is 7. The van der Waals surface area contributed by atoms with Crippen LogP contribution in [0.2, 0.25) is 0 Å². The first-order valence-corrected chi connectivity index (χ1v) is 10.7. The number of benzene rings is 2. The molecule has 3 rings (SSSR count). The number of hydrogen-bond donors (Lipinski definition) is 1. The molecule has 1 fully saturated rings. The summed E-state index contributed by atoms with van der Waals surface area (Å²) < 4.78 is 34.1. The standard InChI is InChI=1S/C21H26N2O4S/c1-14-5-8-18(22-16(3)24)13-21(14)28(25,26)23(15(2)17-6-7-17)19-9-11-20(27-4)12-10-19/h5,8-13,15,17H,6-7H2,1-4H3,(H,22,24). The minimum atomic E-state index is -3.83. The number of carbonyl (C=O) groups is 1. The normalized spacial score (nSPS) is 15.0. The predicted molar refractivity (Wildman–Crippen MR) is 110 cm³/mol. The number of sulfonamides is 1. The first-order chi connectivity index (χ1) is 13.2. The Kier molecular flexibility index (Phi) is 5.65. The molecule has 0 saturated heterocycles. The minimum absolute atomic E-state index is 0.165. The van der Waals surface area contributed by atoms with Crippen LogP contribution >= 0.6 is 0 Å². The number of aryl methyl sites for hydroxylation is 1. The van der Waals surface area contributed by atoms with E-state index in [1.165, 1.54) is 17.3 Å². The summed E-state index contributed by atoms with van der Waals surface area (Å²) in [5.74, 6) is 0.769. The van der Waals surface area contributed by atoms with Crippen LogP contribution in [-0.4, -0.2) is 27.5 Å². The van der Waals surface area contributed by atoms with Crippen molar-refractivity contribution in [3.8, 4) is 5.75 Å². The second kappa shape index (κ2) is 7.83. The second-order valence-corrected chi connectivity index (χ2v) is 9.02. The van der Waals surface area contributed by atoms with Crippen molar-refractivity contribution in [1.29, 1.82) is 0 Å². The maximum Gasteiger partial charge on any atom is 0.264 e. The van der Waals surface area contributed by atoms with Crippen molar-refractivity contribution >= 4 is 27.3 Å². The monoisotopic (exact) mass is 402 g/mol. The Morgan fingerprint density at radius 2 is 1.82 bits per heavy atom. The number of ether oxygens (including phenoxy) is 1. The summed E-state index contributed by atoms with van der Waals surface area (Å²) in [6.45, 7) is 5.11. The van der Waals surface area contributed by atoms with E-state index in [0.29, 0.717) is 28.6 Å². The molecule has 1 saturated carbocycles. The van der Waals surface area contributed by atoms with Crippen molar-refractivity contribution < 1.29 is 17.9 Å². The van der Waals surface area contributed by atoms with Crippen LogP contribution in [-0.2, 0) is 14.8 Å². The zero-order chi connectivity index (χ0) is 20.5. The molecule has 1 amide bonds. The Morgan fingerprint density at radius 1 is 1.18 bits per heavy atom. The zero-order valence-electron chi connectivity index (χ0n) is 16.6. The van der Waals surface area contributed by atoms with Gasteiger partial charge in [-0.15, -0.1) is 0 Å². The molecule has 7 heteroatoms. The van der Waals surface area contributed by atoms with E-state index in [0.717, 1.165) is 12.8 Å². The van der Waals surface area contributed by atoms with E-state index in [2.05, 4.69) is 5.32 Å². The van der Waals surface area contributed by atoms with Crippen LogP contribution in [0.25, 0.3) is 0 Å². The number of nitrogens with one attached hydrogen (secondary N) is 1. The molecule has 1 atom stereocenters. The molecule has 0 aliphatic heterocycles. The third-order valence-corrected chi connectivity index (χ3v) is 7.10.